The molecule has 25 heavy (non-hydrogen) atoms. The Balaban J connectivity index is 1.57. The first-order chi connectivity index (χ1) is 12.1. The molecule has 3 aromatic rings. The standard InChI is InChI=1S/C19H15ClO5/c1-12-13-6-2-4-8-16(13)25-19(12)15(21)10-24-18(22)11-23-17-9-5-3-7-14(17)20/h2-9H,10-11H2,1H3. The van der Waals surface area contributed by atoms with Gasteiger partial charge in [-0.05, 0) is 25.1 Å². The van der Waals surface area contributed by atoms with Gasteiger partial charge in [-0.2, -0.15) is 0 Å². The lowest BCUT2D eigenvalue weighted by molar-refractivity contribution is -0.144. The lowest BCUT2D eigenvalue weighted by atomic mass is 10.1. The molecule has 0 saturated carbocycles. The number of furan rings is 1. The van der Waals surface area contributed by atoms with Gasteiger partial charge in [0, 0.05) is 10.9 Å². The summed E-state index contributed by atoms with van der Waals surface area (Å²) in [7, 11) is 0. The highest BCUT2D eigenvalue weighted by Gasteiger charge is 2.19. The minimum absolute atomic E-state index is 0.195. The lowest BCUT2D eigenvalue weighted by Crippen LogP contribution is -2.19. The summed E-state index contributed by atoms with van der Waals surface area (Å²) in [5.41, 5.74) is 1.35. The smallest absolute Gasteiger partial charge is 0.344 e. The number of esters is 1. The van der Waals surface area contributed by atoms with Crippen LogP contribution in [-0.4, -0.2) is 25.0 Å². The van der Waals surface area contributed by atoms with E-state index in [1.165, 1.54) is 0 Å². The van der Waals surface area contributed by atoms with E-state index in [1.54, 1.807) is 37.3 Å². The molecule has 0 aliphatic carbocycles. The van der Waals surface area contributed by atoms with Crippen LogP contribution in [0.1, 0.15) is 16.1 Å². The predicted octanol–water partition coefficient (Wildman–Crippen LogP) is 4.20. The zero-order valence-corrected chi connectivity index (χ0v) is 14.2. The molecule has 0 saturated heterocycles. The number of fused-ring (bicyclic) bond motifs is 1. The van der Waals surface area contributed by atoms with Crippen molar-refractivity contribution in [2.75, 3.05) is 13.2 Å². The number of ketones is 1. The molecule has 5 nitrogen and oxygen atoms in total. The van der Waals surface area contributed by atoms with Gasteiger partial charge >= 0.3 is 5.97 Å². The number of benzene rings is 2. The summed E-state index contributed by atoms with van der Waals surface area (Å²) >= 11 is 5.93. The third-order valence-electron chi connectivity index (χ3n) is 3.64. The van der Waals surface area contributed by atoms with Crippen molar-refractivity contribution in [1.29, 1.82) is 0 Å². The largest absolute Gasteiger partial charge is 0.480 e. The van der Waals surface area contributed by atoms with E-state index in [2.05, 4.69) is 0 Å². The Morgan fingerprint density at radius 3 is 2.52 bits per heavy atom. The van der Waals surface area contributed by atoms with Crippen molar-refractivity contribution >= 4 is 34.3 Å². The van der Waals surface area contributed by atoms with Gasteiger partial charge < -0.3 is 13.9 Å². The zero-order valence-electron chi connectivity index (χ0n) is 13.5. The molecule has 2 aromatic carbocycles. The highest BCUT2D eigenvalue weighted by Crippen LogP contribution is 2.25. The normalized spacial score (nSPS) is 10.6. The van der Waals surface area contributed by atoms with Crippen molar-refractivity contribution in [3.05, 3.63) is 64.9 Å². The number of hydrogen-bond donors (Lipinski definition) is 0. The summed E-state index contributed by atoms with van der Waals surface area (Å²) in [6.07, 6.45) is 0. The number of para-hydroxylation sites is 2. The van der Waals surface area contributed by atoms with Crippen LogP contribution in [0.3, 0.4) is 0 Å². The number of Topliss-reactive ketones (excluding diaryl/α,β-unsaturated/α-hetero) is 1. The number of ether oxygens (including phenoxy) is 2. The van der Waals surface area contributed by atoms with E-state index in [1.807, 2.05) is 18.2 Å². The maximum atomic E-state index is 12.2. The Labute approximate surface area is 149 Å². The summed E-state index contributed by atoms with van der Waals surface area (Å²) in [5, 5.41) is 1.25. The third-order valence-corrected chi connectivity index (χ3v) is 3.96. The molecule has 0 N–H and O–H groups in total. The summed E-state index contributed by atoms with van der Waals surface area (Å²) in [4.78, 5) is 24.0. The molecule has 0 spiro atoms. The molecule has 0 fully saturated rings. The first-order valence-corrected chi connectivity index (χ1v) is 7.98. The van der Waals surface area contributed by atoms with Crippen LogP contribution in [0, 0.1) is 6.92 Å². The average Bonchev–Trinajstić information content (AvgIpc) is 2.96. The SMILES string of the molecule is Cc1c(C(=O)COC(=O)COc2ccccc2Cl)oc2ccccc12. The second-order valence-corrected chi connectivity index (χ2v) is 5.76. The van der Waals surface area contributed by atoms with Crippen molar-refractivity contribution in [3.63, 3.8) is 0 Å². The molecule has 0 atom stereocenters. The fourth-order valence-corrected chi connectivity index (χ4v) is 2.58. The molecule has 0 amide bonds. The number of carbonyl (C=O) groups is 2. The fraction of sp³-hybridized carbons (Fsp3) is 0.158. The second-order valence-electron chi connectivity index (χ2n) is 5.36. The molecule has 0 unspecified atom stereocenters. The topological polar surface area (TPSA) is 65.7 Å². The van der Waals surface area contributed by atoms with Crippen molar-refractivity contribution in [2.45, 2.75) is 6.92 Å². The molecule has 0 radical (unpaired) electrons. The van der Waals surface area contributed by atoms with Crippen LogP contribution in [-0.2, 0) is 9.53 Å². The number of halogens is 1. The van der Waals surface area contributed by atoms with Crippen LogP contribution in [0.25, 0.3) is 11.0 Å². The van der Waals surface area contributed by atoms with Gasteiger partial charge in [0.25, 0.3) is 0 Å². The zero-order chi connectivity index (χ0) is 17.8. The van der Waals surface area contributed by atoms with Gasteiger partial charge in [-0.25, -0.2) is 4.79 Å². The molecule has 0 aliphatic heterocycles. The minimum Gasteiger partial charge on any atom is -0.480 e. The number of carbonyl (C=O) groups excluding carboxylic acids is 2. The van der Waals surface area contributed by atoms with E-state index < -0.39 is 18.4 Å². The highest BCUT2D eigenvalue weighted by atomic mass is 35.5. The van der Waals surface area contributed by atoms with Crippen molar-refractivity contribution in [3.8, 4) is 5.75 Å². The molecule has 3 rings (SSSR count). The Morgan fingerprint density at radius 1 is 1.04 bits per heavy atom. The van der Waals surface area contributed by atoms with Crippen LogP contribution in [0.5, 0.6) is 5.75 Å². The Bertz CT molecular complexity index is 928. The number of rotatable bonds is 6. The first kappa shape index (κ1) is 17.0. The van der Waals surface area contributed by atoms with Gasteiger partial charge in [0.05, 0.1) is 5.02 Å². The van der Waals surface area contributed by atoms with E-state index in [0.29, 0.717) is 16.4 Å². The van der Waals surface area contributed by atoms with Crippen LogP contribution in [0.15, 0.2) is 52.9 Å². The predicted molar refractivity (Wildman–Crippen MR) is 93.2 cm³/mol. The van der Waals surface area contributed by atoms with E-state index in [0.717, 1.165) is 10.9 Å². The van der Waals surface area contributed by atoms with Gasteiger partial charge in [-0.1, -0.05) is 41.9 Å². The summed E-state index contributed by atoms with van der Waals surface area (Å²) in [6.45, 7) is 1.04. The van der Waals surface area contributed by atoms with Crippen molar-refractivity contribution in [2.24, 2.45) is 0 Å². The van der Waals surface area contributed by atoms with Crippen LogP contribution in [0.4, 0.5) is 0 Å². The Hall–Kier alpha value is -2.79. The van der Waals surface area contributed by atoms with Gasteiger partial charge in [-0.15, -0.1) is 0 Å². The summed E-state index contributed by atoms with van der Waals surface area (Å²) < 4.78 is 15.8. The summed E-state index contributed by atoms with van der Waals surface area (Å²) in [5.74, 6) is -0.497. The van der Waals surface area contributed by atoms with E-state index >= 15 is 0 Å². The molecule has 0 bridgehead atoms. The molecular weight excluding hydrogens is 344 g/mol. The highest BCUT2D eigenvalue weighted by molar-refractivity contribution is 6.32. The third kappa shape index (κ3) is 3.83. The average molecular weight is 359 g/mol. The number of hydrogen-bond acceptors (Lipinski definition) is 5. The van der Waals surface area contributed by atoms with Crippen LogP contribution >= 0.6 is 11.6 Å². The Morgan fingerprint density at radius 2 is 1.76 bits per heavy atom. The van der Waals surface area contributed by atoms with E-state index in [4.69, 9.17) is 25.5 Å². The second kappa shape index (κ2) is 7.40. The number of aryl methyl sites for hydroxylation is 1. The van der Waals surface area contributed by atoms with Gasteiger partial charge in [-0.3, -0.25) is 4.79 Å². The maximum Gasteiger partial charge on any atom is 0.344 e. The molecule has 6 heteroatoms. The lowest BCUT2D eigenvalue weighted by Gasteiger charge is -2.07. The van der Waals surface area contributed by atoms with Gasteiger partial charge in [0.2, 0.25) is 5.78 Å². The van der Waals surface area contributed by atoms with Crippen LogP contribution < -0.4 is 4.74 Å². The molecule has 128 valence electrons. The van der Waals surface area contributed by atoms with Gasteiger partial charge in [0.15, 0.2) is 19.0 Å². The quantitative estimate of drug-likeness (QED) is 0.488. The molecule has 1 heterocycles. The van der Waals surface area contributed by atoms with E-state index in [-0.39, 0.29) is 12.4 Å². The molecular formula is C19H15ClO5. The van der Waals surface area contributed by atoms with Crippen molar-refractivity contribution < 1.29 is 23.5 Å². The maximum absolute atomic E-state index is 12.2. The monoisotopic (exact) mass is 358 g/mol. The molecule has 0 aliphatic rings. The fourth-order valence-electron chi connectivity index (χ4n) is 2.39. The first-order valence-electron chi connectivity index (χ1n) is 7.60. The van der Waals surface area contributed by atoms with E-state index in [9.17, 15) is 9.59 Å². The van der Waals surface area contributed by atoms with Crippen molar-refractivity contribution in [1.82, 2.24) is 0 Å². The minimum atomic E-state index is -0.665. The summed E-state index contributed by atoms with van der Waals surface area (Å²) in [6, 6.07) is 14.1. The van der Waals surface area contributed by atoms with Gasteiger partial charge in [0.1, 0.15) is 11.3 Å². The molecule has 1 aromatic heterocycles. The van der Waals surface area contributed by atoms with Crippen LogP contribution in [0.2, 0.25) is 5.02 Å². The Kier molecular flexibility index (Phi) is 5.05.